The maximum Gasteiger partial charge on any atom is 0.240 e. The highest BCUT2D eigenvalue weighted by Crippen LogP contribution is 2.68. The Kier molecular flexibility index (Phi) is 3.30. The first-order valence-corrected chi connectivity index (χ1v) is 8.19. The van der Waals surface area contributed by atoms with E-state index >= 15 is 0 Å². The van der Waals surface area contributed by atoms with Gasteiger partial charge in [0.05, 0.1) is 5.69 Å². The zero-order chi connectivity index (χ0) is 15.3. The molecule has 0 saturated heterocycles. The van der Waals surface area contributed by atoms with Crippen molar-refractivity contribution in [3.8, 4) is 0 Å². The molecule has 2 rings (SSSR count). The maximum atomic E-state index is 11.3. The van der Waals surface area contributed by atoms with Crippen LogP contribution in [0.15, 0.2) is 23.1 Å². The smallest absolute Gasteiger partial charge is 0.240 e. The molecule has 1 aliphatic carbocycles. The van der Waals surface area contributed by atoms with Crippen molar-refractivity contribution < 1.29 is 8.42 Å². The van der Waals surface area contributed by atoms with Gasteiger partial charge in [-0.2, -0.15) is 0 Å². The molecule has 5 N–H and O–H groups in total. The molecular weight excluding hydrogens is 274 g/mol. The summed E-state index contributed by atoms with van der Waals surface area (Å²) in [6.45, 7) is 9.89. The molecule has 0 aromatic heterocycles. The Morgan fingerprint density at radius 2 is 1.75 bits per heavy atom. The predicted octanol–water partition coefficient (Wildman–Crippen LogP) is 2.01. The number of rotatable bonds is 4. The van der Waals surface area contributed by atoms with Crippen LogP contribution in [-0.4, -0.2) is 15.0 Å². The van der Waals surface area contributed by atoms with Crippen LogP contribution in [0.25, 0.3) is 0 Å². The van der Waals surface area contributed by atoms with Gasteiger partial charge < -0.3 is 11.1 Å². The molecule has 6 heteroatoms. The molecule has 1 aliphatic rings. The summed E-state index contributed by atoms with van der Waals surface area (Å²) in [5.74, 6) is 0.578. The summed E-state index contributed by atoms with van der Waals surface area (Å²) < 4.78 is 22.6. The fourth-order valence-electron chi connectivity index (χ4n) is 2.98. The maximum absolute atomic E-state index is 11.3. The Balaban J connectivity index is 2.08. The van der Waals surface area contributed by atoms with Gasteiger partial charge in [0.1, 0.15) is 4.90 Å². The summed E-state index contributed by atoms with van der Waals surface area (Å²) in [6, 6.07) is 4.75. The molecule has 1 saturated carbocycles. The summed E-state index contributed by atoms with van der Waals surface area (Å²) in [6.07, 6.45) is 0. The van der Waals surface area contributed by atoms with Crippen molar-refractivity contribution in [2.75, 3.05) is 17.6 Å². The summed E-state index contributed by atoms with van der Waals surface area (Å²) in [7, 11) is -3.76. The molecule has 0 aliphatic heterocycles. The molecule has 0 radical (unpaired) electrons. The van der Waals surface area contributed by atoms with Gasteiger partial charge >= 0.3 is 0 Å². The van der Waals surface area contributed by atoms with Crippen molar-refractivity contribution in [3.05, 3.63) is 18.2 Å². The normalized spacial score (nSPS) is 20.6. The zero-order valence-corrected chi connectivity index (χ0v) is 13.2. The molecule has 112 valence electrons. The fraction of sp³-hybridized carbons (Fsp3) is 0.571. The van der Waals surface area contributed by atoms with Crippen LogP contribution in [0.4, 0.5) is 11.4 Å². The second kappa shape index (κ2) is 4.36. The van der Waals surface area contributed by atoms with Crippen molar-refractivity contribution in [3.63, 3.8) is 0 Å². The van der Waals surface area contributed by atoms with Gasteiger partial charge in [-0.1, -0.05) is 27.7 Å². The van der Waals surface area contributed by atoms with Gasteiger partial charge in [0.2, 0.25) is 10.0 Å². The van der Waals surface area contributed by atoms with E-state index in [-0.39, 0.29) is 10.6 Å². The number of nitrogens with two attached hydrogens (primary N) is 2. The summed E-state index contributed by atoms with van der Waals surface area (Å²) >= 11 is 0. The first-order valence-electron chi connectivity index (χ1n) is 6.64. The minimum absolute atomic E-state index is 0.0323. The van der Waals surface area contributed by atoms with Crippen molar-refractivity contribution in [1.29, 1.82) is 0 Å². The number of nitrogens with one attached hydrogen (secondary N) is 1. The lowest BCUT2D eigenvalue weighted by Gasteiger charge is -2.10. The molecule has 1 aromatic rings. The van der Waals surface area contributed by atoms with Crippen LogP contribution in [0.5, 0.6) is 0 Å². The van der Waals surface area contributed by atoms with Crippen LogP contribution in [0.3, 0.4) is 0 Å². The standard InChI is InChI=1S/C14H23N3O2S/c1-13(2)12(14(13,3)4)8-17-9-5-6-11(10(15)7-9)20(16,18)19/h5-7,12,17H,8,15H2,1-4H3,(H2,16,18,19). The van der Waals surface area contributed by atoms with E-state index in [1.165, 1.54) is 6.07 Å². The summed E-state index contributed by atoms with van der Waals surface area (Å²) in [5.41, 5.74) is 7.35. The number of hydrogen-bond acceptors (Lipinski definition) is 4. The highest BCUT2D eigenvalue weighted by molar-refractivity contribution is 7.89. The van der Waals surface area contributed by atoms with Gasteiger partial charge in [-0.05, 0) is 34.9 Å². The van der Waals surface area contributed by atoms with Crippen molar-refractivity contribution in [2.24, 2.45) is 21.9 Å². The number of sulfonamides is 1. The van der Waals surface area contributed by atoms with E-state index in [1.807, 2.05) is 0 Å². The van der Waals surface area contributed by atoms with Crippen LogP contribution in [-0.2, 0) is 10.0 Å². The lowest BCUT2D eigenvalue weighted by atomic mass is 10.0. The fourth-order valence-corrected chi connectivity index (χ4v) is 3.63. The van der Waals surface area contributed by atoms with Crippen LogP contribution >= 0.6 is 0 Å². The highest BCUT2D eigenvalue weighted by atomic mass is 32.2. The van der Waals surface area contributed by atoms with Gasteiger partial charge in [-0.15, -0.1) is 0 Å². The van der Waals surface area contributed by atoms with Crippen molar-refractivity contribution in [1.82, 2.24) is 0 Å². The molecular formula is C14H23N3O2S. The van der Waals surface area contributed by atoms with Crippen LogP contribution < -0.4 is 16.2 Å². The molecule has 0 unspecified atom stereocenters. The number of primary sulfonamides is 1. The van der Waals surface area contributed by atoms with Crippen LogP contribution in [0.1, 0.15) is 27.7 Å². The van der Waals surface area contributed by atoms with E-state index in [9.17, 15) is 8.42 Å². The van der Waals surface area contributed by atoms with E-state index in [1.54, 1.807) is 12.1 Å². The summed E-state index contributed by atoms with van der Waals surface area (Å²) in [5, 5.41) is 8.40. The second-order valence-corrected chi connectivity index (χ2v) is 8.20. The zero-order valence-electron chi connectivity index (χ0n) is 12.4. The van der Waals surface area contributed by atoms with E-state index in [4.69, 9.17) is 10.9 Å². The molecule has 1 aromatic carbocycles. The van der Waals surface area contributed by atoms with E-state index in [0.717, 1.165) is 12.2 Å². The molecule has 5 nitrogen and oxygen atoms in total. The molecule has 1 fully saturated rings. The van der Waals surface area contributed by atoms with Crippen LogP contribution in [0.2, 0.25) is 0 Å². The number of nitrogen functional groups attached to an aromatic ring is 1. The minimum Gasteiger partial charge on any atom is -0.398 e. The van der Waals surface area contributed by atoms with E-state index in [0.29, 0.717) is 16.7 Å². The molecule has 0 heterocycles. The van der Waals surface area contributed by atoms with Gasteiger partial charge in [0, 0.05) is 12.2 Å². The Bertz CT molecular complexity index is 622. The SMILES string of the molecule is CC1(C)C(CNc2ccc(S(N)(=O)=O)c(N)c2)C1(C)C. The van der Waals surface area contributed by atoms with Gasteiger partial charge in [0.15, 0.2) is 0 Å². The Labute approximate surface area is 120 Å². The number of hydrogen-bond donors (Lipinski definition) is 3. The van der Waals surface area contributed by atoms with Gasteiger partial charge in [0.25, 0.3) is 0 Å². The quantitative estimate of drug-likeness (QED) is 0.740. The highest BCUT2D eigenvalue weighted by Gasteiger charge is 2.63. The van der Waals surface area contributed by atoms with Gasteiger partial charge in [-0.3, -0.25) is 0 Å². The first-order chi connectivity index (χ1) is 8.98. The lowest BCUT2D eigenvalue weighted by Crippen LogP contribution is -2.15. The largest absolute Gasteiger partial charge is 0.398 e. The predicted molar refractivity (Wildman–Crippen MR) is 81.8 cm³/mol. The van der Waals surface area contributed by atoms with Crippen molar-refractivity contribution in [2.45, 2.75) is 32.6 Å². The summed E-state index contributed by atoms with van der Waals surface area (Å²) in [4.78, 5) is -0.0323. The monoisotopic (exact) mass is 297 g/mol. The lowest BCUT2D eigenvalue weighted by molar-refractivity contribution is 0.457. The third kappa shape index (κ3) is 2.38. The Hall–Kier alpha value is -1.27. The second-order valence-electron chi connectivity index (χ2n) is 6.67. The first kappa shape index (κ1) is 15.1. The molecule has 0 spiro atoms. The van der Waals surface area contributed by atoms with Crippen molar-refractivity contribution >= 4 is 21.4 Å². The molecule has 0 atom stereocenters. The number of benzene rings is 1. The van der Waals surface area contributed by atoms with E-state index < -0.39 is 10.0 Å². The Morgan fingerprint density at radius 1 is 1.20 bits per heavy atom. The molecule has 0 bridgehead atoms. The number of anilines is 2. The average molecular weight is 297 g/mol. The van der Waals surface area contributed by atoms with Crippen LogP contribution in [0, 0.1) is 16.7 Å². The molecule has 0 amide bonds. The van der Waals surface area contributed by atoms with E-state index in [2.05, 4.69) is 33.0 Å². The Morgan fingerprint density at radius 3 is 2.15 bits per heavy atom. The average Bonchev–Trinajstić information content (AvgIpc) is 2.65. The third-order valence-corrected chi connectivity index (χ3v) is 6.13. The minimum atomic E-state index is -3.76. The topological polar surface area (TPSA) is 98.2 Å². The molecule has 20 heavy (non-hydrogen) atoms. The van der Waals surface area contributed by atoms with Gasteiger partial charge in [-0.25, -0.2) is 13.6 Å². The third-order valence-electron chi connectivity index (χ3n) is 5.15.